The molecule has 1 aromatic rings. The van der Waals surface area contributed by atoms with Crippen LogP contribution in [0.5, 0.6) is 0 Å². The molecule has 92 valence electrons. The number of rotatable bonds is 2. The van der Waals surface area contributed by atoms with Crippen LogP contribution in [0.4, 0.5) is 4.39 Å². The van der Waals surface area contributed by atoms with Crippen molar-refractivity contribution in [3.8, 4) is 0 Å². The third kappa shape index (κ3) is 2.22. The van der Waals surface area contributed by atoms with Crippen LogP contribution in [-0.2, 0) is 4.74 Å². The Labute approximate surface area is 105 Å². The van der Waals surface area contributed by atoms with Crippen LogP contribution in [-0.4, -0.2) is 18.0 Å². The second-order valence-electron chi connectivity index (χ2n) is 4.59. The lowest BCUT2D eigenvalue weighted by Crippen LogP contribution is -2.34. The van der Waals surface area contributed by atoms with Crippen molar-refractivity contribution in [1.82, 2.24) is 0 Å². The fourth-order valence-corrected chi connectivity index (χ4v) is 2.31. The Hall–Kier alpha value is -0.930. The molecule has 2 nitrogen and oxygen atoms in total. The van der Waals surface area contributed by atoms with Crippen LogP contribution in [0.15, 0.2) is 12.1 Å². The van der Waals surface area contributed by atoms with Crippen LogP contribution in [0.3, 0.4) is 0 Å². The highest BCUT2D eigenvalue weighted by atomic mass is 35.5. The zero-order valence-electron chi connectivity index (χ0n) is 9.85. The smallest absolute Gasteiger partial charge is 0.195 e. The van der Waals surface area contributed by atoms with Crippen LogP contribution in [0, 0.1) is 12.7 Å². The fourth-order valence-electron chi connectivity index (χ4n) is 2.07. The van der Waals surface area contributed by atoms with Gasteiger partial charge in [0.2, 0.25) is 0 Å². The summed E-state index contributed by atoms with van der Waals surface area (Å²) in [6, 6.07) is 2.68. The molecule has 0 N–H and O–H groups in total. The van der Waals surface area contributed by atoms with Gasteiger partial charge in [-0.05, 0) is 44.4 Å². The number of ketones is 1. The maximum Gasteiger partial charge on any atom is 0.195 e. The Balaban J connectivity index is 2.40. The van der Waals surface area contributed by atoms with E-state index < -0.39 is 11.4 Å². The Bertz CT molecular complexity index is 465. The molecule has 1 atom stereocenters. The zero-order valence-corrected chi connectivity index (χ0v) is 10.6. The third-order valence-electron chi connectivity index (χ3n) is 3.19. The Morgan fingerprint density at radius 3 is 2.82 bits per heavy atom. The molecule has 1 fully saturated rings. The average Bonchev–Trinajstić information content (AvgIpc) is 2.71. The number of Topliss-reactive ketones (excluding diaryl/α,β-unsaturated/α-hetero) is 1. The molecule has 4 heteroatoms. The van der Waals surface area contributed by atoms with Crippen molar-refractivity contribution in [2.75, 3.05) is 6.61 Å². The minimum atomic E-state index is -0.812. The van der Waals surface area contributed by atoms with Crippen LogP contribution in [0.2, 0.25) is 5.02 Å². The molecule has 0 amide bonds. The Kier molecular flexibility index (Phi) is 3.23. The molecule has 1 saturated heterocycles. The largest absolute Gasteiger partial charge is 0.367 e. The average molecular weight is 257 g/mol. The van der Waals surface area contributed by atoms with Gasteiger partial charge in [0.1, 0.15) is 11.4 Å². The first-order chi connectivity index (χ1) is 7.94. The third-order valence-corrected chi connectivity index (χ3v) is 3.50. The molecule has 1 unspecified atom stereocenters. The van der Waals surface area contributed by atoms with E-state index >= 15 is 0 Å². The molecule has 17 heavy (non-hydrogen) atoms. The normalized spacial score (nSPS) is 24.0. The Morgan fingerprint density at radius 1 is 1.53 bits per heavy atom. The van der Waals surface area contributed by atoms with Gasteiger partial charge in [-0.1, -0.05) is 11.6 Å². The summed E-state index contributed by atoms with van der Waals surface area (Å²) < 4.78 is 18.7. The fraction of sp³-hybridized carbons (Fsp3) is 0.462. The summed E-state index contributed by atoms with van der Waals surface area (Å²) in [6.45, 7) is 3.96. The molecule has 1 aliphatic heterocycles. The van der Waals surface area contributed by atoms with Gasteiger partial charge in [0.05, 0.1) is 5.02 Å². The molecule has 0 bridgehead atoms. The lowest BCUT2D eigenvalue weighted by molar-refractivity contribution is 0.0213. The molecule has 0 saturated carbocycles. The van der Waals surface area contributed by atoms with Gasteiger partial charge < -0.3 is 4.74 Å². The first kappa shape index (κ1) is 12.5. The predicted molar refractivity (Wildman–Crippen MR) is 64.1 cm³/mol. The van der Waals surface area contributed by atoms with E-state index in [4.69, 9.17) is 16.3 Å². The van der Waals surface area contributed by atoms with E-state index in [9.17, 15) is 9.18 Å². The number of ether oxygens (including phenoxy) is 1. The minimum Gasteiger partial charge on any atom is -0.367 e. The maximum absolute atomic E-state index is 13.3. The number of carbonyl (C=O) groups excluding carboxylic acids is 1. The number of hydrogen-bond acceptors (Lipinski definition) is 2. The summed E-state index contributed by atoms with van der Waals surface area (Å²) in [5.74, 6) is -0.563. The number of benzene rings is 1. The molecule has 1 heterocycles. The van der Waals surface area contributed by atoms with E-state index in [1.54, 1.807) is 13.8 Å². The van der Waals surface area contributed by atoms with E-state index in [0.29, 0.717) is 24.2 Å². The molecule has 0 spiro atoms. The van der Waals surface area contributed by atoms with Crippen molar-refractivity contribution in [1.29, 1.82) is 0 Å². The monoisotopic (exact) mass is 256 g/mol. The SMILES string of the molecule is Cc1cc(C(=O)C2(C)CCCO2)c(Cl)cc1F. The molecular weight excluding hydrogens is 243 g/mol. The van der Waals surface area contributed by atoms with Crippen molar-refractivity contribution in [3.05, 3.63) is 34.1 Å². The highest BCUT2D eigenvalue weighted by Crippen LogP contribution is 2.32. The molecule has 0 aliphatic carbocycles. The minimum absolute atomic E-state index is 0.148. The van der Waals surface area contributed by atoms with E-state index in [0.717, 1.165) is 6.42 Å². The van der Waals surface area contributed by atoms with Crippen molar-refractivity contribution in [3.63, 3.8) is 0 Å². The number of carbonyl (C=O) groups is 1. The lowest BCUT2D eigenvalue weighted by Gasteiger charge is -2.22. The summed E-state index contributed by atoms with van der Waals surface area (Å²) in [5, 5.41) is 0.148. The van der Waals surface area contributed by atoms with E-state index in [2.05, 4.69) is 0 Å². The standard InChI is InChI=1S/C13H14ClFO2/c1-8-6-9(10(14)7-11(8)15)12(16)13(2)4-3-5-17-13/h6-7H,3-5H2,1-2H3. The van der Waals surface area contributed by atoms with Crippen molar-refractivity contribution in [2.24, 2.45) is 0 Å². The van der Waals surface area contributed by atoms with Gasteiger partial charge in [0, 0.05) is 12.2 Å². The summed E-state index contributed by atoms with van der Waals surface area (Å²) in [6.07, 6.45) is 1.54. The summed E-state index contributed by atoms with van der Waals surface area (Å²) in [7, 11) is 0. The van der Waals surface area contributed by atoms with Crippen molar-refractivity contribution >= 4 is 17.4 Å². The zero-order chi connectivity index (χ0) is 12.6. The van der Waals surface area contributed by atoms with Gasteiger partial charge in [-0.2, -0.15) is 0 Å². The van der Waals surface area contributed by atoms with Gasteiger partial charge in [-0.3, -0.25) is 4.79 Å². The van der Waals surface area contributed by atoms with Crippen LogP contribution < -0.4 is 0 Å². The molecule has 1 aliphatic rings. The van der Waals surface area contributed by atoms with Gasteiger partial charge in [0.25, 0.3) is 0 Å². The quantitative estimate of drug-likeness (QED) is 0.757. The number of hydrogen-bond donors (Lipinski definition) is 0. The molecule has 2 rings (SSSR count). The highest BCUT2D eigenvalue weighted by Gasteiger charge is 2.39. The van der Waals surface area contributed by atoms with Gasteiger partial charge in [0.15, 0.2) is 5.78 Å². The molecule has 0 radical (unpaired) electrons. The second-order valence-corrected chi connectivity index (χ2v) is 5.00. The summed E-state index contributed by atoms with van der Waals surface area (Å²) in [5.41, 5.74) is -0.0530. The van der Waals surface area contributed by atoms with E-state index in [-0.39, 0.29) is 10.8 Å². The molecule has 0 aromatic heterocycles. The summed E-state index contributed by atoms with van der Waals surface area (Å²) in [4.78, 5) is 12.3. The predicted octanol–water partition coefficient (Wildman–Crippen LogP) is 3.54. The highest BCUT2D eigenvalue weighted by molar-refractivity contribution is 6.34. The van der Waals surface area contributed by atoms with E-state index in [1.807, 2.05) is 0 Å². The maximum atomic E-state index is 13.3. The van der Waals surface area contributed by atoms with Gasteiger partial charge in [-0.25, -0.2) is 4.39 Å². The first-order valence-electron chi connectivity index (χ1n) is 5.58. The van der Waals surface area contributed by atoms with Gasteiger partial charge >= 0.3 is 0 Å². The molecular formula is C13H14ClFO2. The lowest BCUT2D eigenvalue weighted by atomic mass is 9.91. The van der Waals surface area contributed by atoms with Crippen LogP contribution >= 0.6 is 11.6 Å². The first-order valence-corrected chi connectivity index (χ1v) is 5.96. The van der Waals surface area contributed by atoms with Crippen molar-refractivity contribution < 1.29 is 13.9 Å². The van der Waals surface area contributed by atoms with Crippen LogP contribution in [0.25, 0.3) is 0 Å². The van der Waals surface area contributed by atoms with Gasteiger partial charge in [-0.15, -0.1) is 0 Å². The van der Waals surface area contributed by atoms with E-state index in [1.165, 1.54) is 12.1 Å². The van der Waals surface area contributed by atoms with Crippen molar-refractivity contribution in [2.45, 2.75) is 32.3 Å². The Morgan fingerprint density at radius 2 is 2.24 bits per heavy atom. The topological polar surface area (TPSA) is 26.3 Å². The number of aryl methyl sites for hydroxylation is 1. The molecule has 1 aromatic carbocycles. The number of halogens is 2. The van der Waals surface area contributed by atoms with Crippen LogP contribution in [0.1, 0.15) is 35.7 Å². The summed E-state index contributed by atoms with van der Waals surface area (Å²) >= 11 is 5.92. The second kappa shape index (κ2) is 4.39.